The Kier molecular flexibility index (Phi) is 6.54. The Hall–Kier alpha value is -2.18. The Morgan fingerprint density at radius 2 is 1.87 bits per heavy atom. The van der Waals surface area contributed by atoms with Gasteiger partial charge in [-0.25, -0.2) is 9.97 Å². The van der Waals surface area contributed by atoms with Crippen LogP contribution in [-0.4, -0.2) is 72.9 Å². The average molecular weight is 410 g/mol. The molecule has 2 fully saturated rings. The normalized spacial score (nSPS) is 21.1. The number of aromatic nitrogens is 2. The molecule has 0 spiro atoms. The van der Waals surface area contributed by atoms with Gasteiger partial charge in [0.1, 0.15) is 11.6 Å². The largest absolute Gasteiger partial charge is 0.396 e. The maximum absolute atomic E-state index is 9.69. The van der Waals surface area contributed by atoms with Crippen molar-refractivity contribution in [2.24, 2.45) is 5.92 Å². The van der Waals surface area contributed by atoms with Crippen LogP contribution in [0.4, 0.5) is 11.6 Å². The number of hydrogen-bond donors (Lipinski definition) is 1. The van der Waals surface area contributed by atoms with Crippen LogP contribution in [0.25, 0.3) is 11.4 Å². The second-order valence-corrected chi connectivity index (χ2v) is 9.01. The van der Waals surface area contributed by atoms with E-state index in [4.69, 9.17) is 9.97 Å². The lowest BCUT2D eigenvalue weighted by Gasteiger charge is -2.37. The first-order chi connectivity index (χ1) is 14.5. The molecule has 1 unspecified atom stereocenters. The number of aliphatic hydroxyl groups excluding tert-OH is 1. The van der Waals surface area contributed by atoms with Crippen LogP contribution in [0.5, 0.6) is 0 Å². The zero-order chi connectivity index (χ0) is 21.1. The van der Waals surface area contributed by atoms with Gasteiger partial charge in [0.05, 0.1) is 0 Å². The summed E-state index contributed by atoms with van der Waals surface area (Å²) in [4.78, 5) is 17.1. The fourth-order valence-corrected chi connectivity index (χ4v) is 4.70. The molecule has 1 aromatic heterocycles. The lowest BCUT2D eigenvalue weighted by molar-refractivity contribution is 0.208. The minimum Gasteiger partial charge on any atom is -0.396 e. The first-order valence-electron chi connectivity index (χ1n) is 11.3. The molecule has 4 rings (SSSR count). The van der Waals surface area contributed by atoms with Gasteiger partial charge in [0.25, 0.3) is 0 Å². The zero-order valence-corrected chi connectivity index (χ0v) is 18.6. The van der Waals surface area contributed by atoms with E-state index in [2.05, 4.69) is 66.1 Å². The highest BCUT2D eigenvalue weighted by molar-refractivity contribution is 5.65. The van der Waals surface area contributed by atoms with E-state index in [1.807, 2.05) is 0 Å². The Balaban J connectivity index is 1.70. The van der Waals surface area contributed by atoms with Crippen molar-refractivity contribution in [3.63, 3.8) is 0 Å². The van der Waals surface area contributed by atoms with E-state index in [1.165, 1.54) is 5.56 Å². The van der Waals surface area contributed by atoms with E-state index < -0.39 is 0 Å². The molecule has 0 amide bonds. The lowest BCUT2D eigenvalue weighted by Crippen LogP contribution is -2.42. The molecule has 1 N–H and O–H groups in total. The summed E-state index contributed by atoms with van der Waals surface area (Å²) < 4.78 is 0. The van der Waals surface area contributed by atoms with E-state index in [0.717, 1.165) is 74.9 Å². The van der Waals surface area contributed by atoms with Crippen molar-refractivity contribution < 1.29 is 5.11 Å². The Labute approximate surface area is 180 Å². The predicted molar refractivity (Wildman–Crippen MR) is 123 cm³/mol. The topological polar surface area (TPSA) is 55.7 Å². The van der Waals surface area contributed by atoms with Gasteiger partial charge in [-0.3, -0.25) is 0 Å². The number of aryl methyl sites for hydroxylation is 1. The first-order valence-corrected chi connectivity index (χ1v) is 11.3. The van der Waals surface area contributed by atoms with Gasteiger partial charge in [-0.05, 0) is 64.2 Å². The fraction of sp³-hybridized carbons (Fsp3) is 0.583. The Morgan fingerprint density at radius 1 is 1.10 bits per heavy atom. The molecule has 2 aliphatic rings. The Morgan fingerprint density at radius 3 is 2.60 bits per heavy atom. The van der Waals surface area contributed by atoms with E-state index in [1.54, 1.807) is 0 Å². The number of nitrogens with zero attached hydrogens (tertiary/aromatic N) is 5. The molecule has 0 aliphatic carbocycles. The van der Waals surface area contributed by atoms with Crippen LogP contribution < -0.4 is 9.80 Å². The summed E-state index contributed by atoms with van der Waals surface area (Å²) >= 11 is 0. The zero-order valence-electron chi connectivity index (χ0n) is 18.6. The summed E-state index contributed by atoms with van der Waals surface area (Å²) in [6.07, 6.45) is 4.49. The molecule has 2 aliphatic heterocycles. The molecule has 0 bridgehead atoms. The first kappa shape index (κ1) is 21.1. The van der Waals surface area contributed by atoms with Gasteiger partial charge in [0.2, 0.25) is 0 Å². The van der Waals surface area contributed by atoms with Gasteiger partial charge in [-0.2, -0.15) is 0 Å². The van der Waals surface area contributed by atoms with E-state index >= 15 is 0 Å². The van der Waals surface area contributed by atoms with Crippen LogP contribution in [-0.2, 0) is 0 Å². The van der Waals surface area contributed by atoms with Gasteiger partial charge < -0.3 is 19.8 Å². The van der Waals surface area contributed by atoms with Crippen molar-refractivity contribution >= 4 is 11.6 Å². The number of likely N-dealkylation sites (tertiary alicyclic amines) is 1. The molecule has 3 heterocycles. The SMILES string of the molecule is Cc1ccccc1-c1nc(N2CCCC(CO)C2)cc(N(C)C2CCN(C)CC2)n1. The van der Waals surface area contributed by atoms with Gasteiger partial charge in [-0.15, -0.1) is 0 Å². The maximum atomic E-state index is 9.69. The van der Waals surface area contributed by atoms with Crippen LogP contribution >= 0.6 is 0 Å². The van der Waals surface area contributed by atoms with Crippen molar-refractivity contribution in [2.75, 3.05) is 56.7 Å². The third-order valence-corrected chi connectivity index (χ3v) is 6.78. The van der Waals surface area contributed by atoms with Crippen LogP contribution in [0.15, 0.2) is 30.3 Å². The number of benzene rings is 1. The predicted octanol–water partition coefficient (Wildman–Crippen LogP) is 3.19. The number of piperidine rings is 2. The molecular weight excluding hydrogens is 374 g/mol. The number of hydrogen-bond acceptors (Lipinski definition) is 6. The third kappa shape index (κ3) is 4.60. The molecule has 2 saturated heterocycles. The number of rotatable bonds is 5. The minimum absolute atomic E-state index is 0.245. The van der Waals surface area contributed by atoms with E-state index in [-0.39, 0.29) is 6.61 Å². The standard InChI is InChI=1S/C24H35N5O/c1-18-7-4-5-9-21(18)24-25-22(28(3)20-10-13-27(2)14-11-20)15-23(26-24)29-12-6-8-19(16-29)17-30/h4-5,7,9,15,19-20,30H,6,8,10-14,16-17H2,1-3H3. The van der Waals surface area contributed by atoms with Crippen molar-refractivity contribution in [2.45, 2.75) is 38.6 Å². The number of anilines is 2. The molecule has 2 aromatic rings. The van der Waals surface area contributed by atoms with E-state index in [0.29, 0.717) is 12.0 Å². The molecule has 1 aromatic carbocycles. The van der Waals surface area contributed by atoms with Crippen molar-refractivity contribution in [3.05, 3.63) is 35.9 Å². The maximum Gasteiger partial charge on any atom is 0.164 e. The number of aliphatic hydroxyl groups is 1. The van der Waals surface area contributed by atoms with E-state index in [9.17, 15) is 5.11 Å². The fourth-order valence-electron chi connectivity index (χ4n) is 4.70. The second-order valence-electron chi connectivity index (χ2n) is 9.01. The van der Waals surface area contributed by atoms with Gasteiger partial charge in [0, 0.05) is 44.4 Å². The van der Waals surface area contributed by atoms with Crippen LogP contribution in [0.2, 0.25) is 0 Å². The van der Waals surface area contributed by atoms with Crippen LogP contribution in [0.3, 0.4) is 0 Å². The highest BCUT2D eigenvalue weighted by Gasteiger charge is 2.25. The third-order valence-electron chi connectivity index (χ3n) is 6.78. The molecule has 0 saturated carbocycles. The Bertz CT molecular complexity index is 849. The molecule has 6 nitrogen and oxygen atoms in total. The molecule has 30 heavy (non-hydrogen) atoms. The average Bonchev–Trinajstić information content (AvgIpc) is 2.79. The van der Waals surface area contributed by atoms with Crippen molar-refractivity contribution in [1.29, 1.82) is 0 Å². The quantitative estimate of drug-likeness (QED) is 0.819. The van der Waals surface area contributed by atoms with Crippen LogP contribution in [0, 0.1) is 12.8 Å². The monoisotopic (exact) mass is 409 g/mol. The summed E-state index contributed by atoms with van der Waals surface area (Å²) in [5.41, 5.74) is 2.28. The molecular formula is C24H35N5O. The minimum atomic E-state index is 0.245. The summed E-state index contributed by atoms with van der Waals surface area (Å²) in [6.45, 7) is 6.46. The second kappa shape index (κ2) is 9.31. The summed E-state index contributed by atoms with van der Waals surface area (Å²) in [6, 6.07) is 11.0. The summed E-state index contributed by atoms with van der Waals surface area (Å²) in [7, 11) is 4.37. The lowest BCUT2D eigenvalue weighted by atomic mass is 9.99. The van der Waals surface area contributed by atoms with Gasteiger partial charge in [0.15, 0.2) is 5.82 Å². The molecule has 6 heteroatoms. The van der Waals surface area contributed by atoms with Gasteiger partial charge >= 0.3 is 0 Å². The molecule has 0 radical (unpaired) electrons. The smallest absolute Gasteiger partial charge is 0.164 e. The molecule has 1 atom stereocenters. The van der Waals surface area contributed by atoms with Gasteiger partial charge in [-0.1, -0.05) is 24.3 Å². The summed E-state index contributed by atoms with van der Waals surface area (Å²) in [5, 5.41) is 9.69. The van der Waals surface area contributed by atoms with Crippen molar-refractivity contribution in [3.8, 4) is 11.4 Å². The van der Waals surface area contributed by atoms with Crippen molar-refractivity contribution in [1.82, 2.24) is 14.9 Å². The highest BCUT2D eigenvalue weighted by Crippen LogP contribution is 2.30. The molecule has 162 valence electrons. The summed E-state index contributed by atoms with van der Waals surface area (Å²) in [5.74, 6) is 3.10. The highest BCUT2D eigenvalue weighted by atomic mass is 16.3. The van der Waals surface area contributed by atoms with Crippen LogP contribution in [0.1, 0.15) is 31.2 Å².